The van der Waals surface area contributed by atoms with Gasteiger partial charge in [-0.1, -0.05) is 6.92 Å². The Labute approximate surface area is 116 Å². The van der Waals surface area contributed by atoms with Gasteiger partial charge in [0, 0.05) is 40.0 Å². The fourth-order valence-corrected chi connectivity index (χ4v) is 2.11. The van der Waals surface area contributed by atoms with E-state index < -0.39 is 0 Å². The molecule has 0 aromatic rings. The van der Waals surface area contributed by atoms with E-state index in [-0.39, 0.29) is 17.4 Å². The number of hydrogen-bond acceptors (Lipinski definition) is 4. The van der Waals surface area contributed by atoms with Gasteiger partial charge in [-0.25, -0.2) is 0 Å². The number of carbonyl (C=O) groups is 1. The molecule has 1 aliphatic heterocycles. The summed E-state index contributed by atoms with van der Waals surface area (Å²) in [5.41, 5.74) is 0.253. The lowest BCUT2D eigenvalue weighted by Crippen LogP contribution is -2.47. The molecule has 0 aliphatic carbocycles. The Morgan fingerprint density at radius 2 is 2.11 bits per heavy atom. The summed E-state index contributed by atoms with van der Waals surface area (Å²) in [6.07, 6.45) is 2.97. The molecule has 1 aliphatic rings. The molecule has 2 N–H and O–H groups in total. The van der Waals surface area contributed by atoms with Crippen molar-refractivity contribution in [2.75, 3.05) is 40.0 Å². The summed E-state index contributed by atoms with van der Waals surface area (Å²) in [7, 11) is 1.67. The molecule has 0 aromatic carbocycles. The highest BCUT2D eigenvalue weighted by atomic mass is 16.5. The Morgan fingerprint density at radius 1 is 1.42 bits per heavy atom. The zero-order chi connectivity index (χ0) is 14.1. The summed E-state index contributed by atoms with van der Waals surface area (Å²) in [4.78, 5) is 11.8. The molecule has 1 atom stereocenters. The smallest absolute Gasteiger partial charge is 0.236 e. The third-order valence-corrected chi connectivity index (χ3v) is 3.75. The monoisotopic (exact) mass is 272 g/mol. The van der Waals surface area contributed by atoms with Crippen molar-refractivity contribution in [2.24, 2.45) is 5.41 Å². The van der Waals surface area contributed by atoms with Gasteiger partial charge in [-0.05, 0) is 31.6 Å². The molecule has 0 saturated carbocycles. The van der Waals surface area contributed by atoms with Crippen LogP contribution in [0.25, 0.3) is 0 Å². The molecule has 1 rings (SSSR count). The first-order valence-electron chi connectivity index (χ1n) is 7.15. The Bertz CT molecular complexity index is 265. The number of rotatable bonds is 8. The van der Waals surface area contributed by atoms with Crippen molar-refractivity contribution < 1.29 is 14.3 Å². The van der Waals surface area contributed by atoms with Crippen LogP contribution in [0.1, 0.15) is 33.1 Å². The maximum atomic E-state index is 11.8. The molecule has 1 unspecified atom stereocenters. The third kappa shape index (κ3) is 6.36. The molecule has 0 aromatic heterocycles. The van der Waals surface area contributed by atoms with Crippen molar-refractivity contribution in [3.8, 4) is 0 Å². The predicted octanol–water partition coefficient (Wildman–Crippen LogP) is 0.934. The van der Waals surface area contributed by atoms with E-state index in [4.69, 9.17) is 9.47 Å². The topological polar surface area (TPSA) is 59.6 Å². The molecule has 0 bridgehead atoms. The highest BCUT2D eigenvalue weighted by Gasteiger charge is 2.28. The first kappa shape index (κ1) is 16.4. The van der Waals surface area contributed by atoms with Gasteiger partial charge >= 0.3 is 0 Å². The number of amides is 1. The normalized spacial score (nSPS) is 19.9. The summed E-state index contributed by atoms with van der Waals surface area (Å²) in [5, 5.41) is 6.25. The van der Waals surface area contributed by atoms with Gasteiger partial charge < -0.3 is 20.1 Å². The van der Waals surface area contributed by atoms with Crippen LogP contribution in [0.15, 0.2) is 0 Å². The number of methoxy groups -OCH3 is 1. The molecule has 5 heteroatoms. The van der Waals surface area contributed by atoms with Gasteiger partial charge in [0.25, 0.3) is 0 Å². The highest BCUT2D eigenvalue weighted by Crippen LogP contribution is 2.28. The standard InChI is InChI=1S/C14H28N2O3/c1-12(13(17)15-7-4-8-18-3)16-11-14(2)5-9-19-10-6-14/h12,16H,4-11H2,1-3H3,(H,15,17). The van der Waals surface area contributed by atoms with Gasteiger partial charge in [-0.15, -0.1) is 0 Å². The highest BCUT2D eigenvalue weighted by molar-refractivity contribution is 5.81. The number of hydrogen-bond donors (Lipinski definition) is 2. The quantitative estimate of drug-likeness (QED) is 0.646. The maximum Gasteiger partial charge on any atom is 0.236 e. The van der Waals surface area contributed by atoms with E-state index in [2.05, 4.69) is 17.6 Å². The summed E-state index contributed by atoms with van der Waals surface area (Å²) in [6.45, 7) is 8.04. The largest absolute Gasteiger partial charge is 0.385 e. The van der Waals surface area contributed by atoms with E-state index in [9.17, 15) is 4.79 Å². The lowest BCUT2D eigenvalue weighted by molar-refractivity contribution is -0.122. The fraction of sp³-hybridized carbons (Fsp3) is 0.929. The molecule has 1 fully saturated rings. The molecule has 19 heavy (non-hydrogen) atoms. The summed E-state index contributed by atoms with van der Waals surface area (Å²) in [5.74, 6) is 0.0618. The SMILES string of the molecule is COCCCNC(=O)C(C)NCC1(C)CCOCC1. The lowest BCUT2D eigenvalue weighted by atomic mass is 9.82. The Hall–Kier alpha value is -0.650. The molecule has 0 radical (unpaired) electrons. The minimum absolute atomic E-state index is 0.0618. The van der Waals surface area contributed by atoms with Gasteiger partial charge in [0.2, 0.25) is 5.91 Å². The Kier molecular flexibility index (Phi) is 7.34. The van der Waals surface area contributed by atoms with Gasteiger partial charge in [-0.3, -0.25) is 4.79 Å². The molecular formula is C14H28N2O3. The second-order valence-corrected chi connectivity index (χ2v) is 5.66. The van der Waals surface area contributed by atoms with Gasteiger partial charge in [-0.2, -0.15) is 0 Å². The van der Waals surface area contributed by atoms with Crippen LogP contribution in [-0.4, -0.2) is 52.0 Å². The second kappa shape index (κ2) is 8.51. The van der Waals surface area contributed by atoms with Gasteiger partial charge in [0.1, 0.15) is 0 Å². The number of carbonyl (C=O) groups excluding carboxylic acids is 1. The van der Waals surface area contributed by atoms with Crippen molar-refractivity contribution >= 4 is 5.91 Å². The van der Waals surface area contributed by atoms with Crippen molar-refractivity contribution in [3.05, 3.63) is 0 Å². The molecule has 112 valence electrons. The minimum atomic E-state index is -0.151. The zero-order valence-electron chi connectivity index (χ0n) is 12.5. The fourth-order valence-electron chi connectivity index (χ4n) is 2.11. The zero-order valence-corrected chi connectivity index (χ0v) is 12.5. The molecule has 5 nitrogen and oxygen atoms in total. The Balaban J connectivity index is 2.18. The summed E-state index contributed by atoms with van der Waals surface area (Å²) in [6, 6.07) is -0.151. The van der Waals surface area contributed by atoms with Crippen molar-refractivity contribution in [3.63, 3.8) is 0 Å². The van der Waals surface area contributed by atoms with E-state index in [0.29, 0.717) is 13.2 Å². The van der Waals surface area contributed by atoms with Crippen LogP contribution in [0.3, 0.4) is 0 Å². The van der Waals surface area contributed by atoms with E-state index in [1.54, 1.807) is 7.11 Å². The van der Waals surface area contributed by atoms with Crippen molar-refractivity contribution in [2.45, 2.75) is 39.2 Å². The van der Waals surface area contributed by atoms with Crippen LogP contribution < -0.4 is 10.6 Å². The van der Waals surface area contributed by atoms with Gasteiger partial charge in [0.05, 0.1) is 6.04 Å². The lowest BCUT2D eigenvalue weighted by Gasteiger charge is -2.34. The molecule has 1 amide bonds. The van der Waals surface area contributed by atoms with Crippen LogP contribution in [-0.2, 0) is 14.3 Å². The van der Waals surface area contributed by atoms with E-state index in [1.807, 2.05) is 6.92 Å². The average molecular weight is 272 g/mol. The molecule has 1 saturated heterocycles. The van der Waals surface area contributed by atoms with E-state index in [0.717, 1.165) is 39.0 Å². The molecule has 0 spiro atoms. The minimum Gasteiger partial charge on any atom is -0.385 e. The maximum absolute atomic E-state index is 11.8. The van der Waals surface area contributed by atoms with Crippen LogP contribution in [0, 0.1) is 5.41 Å². The van der Waals surface area contributed by atoms with Crippen LogP contribution in [0.5, 0.6) is 0 Å². The number of ether oxygens (including phenoxy) is 2. The third-order valence-electron chi connectivity index (χ3n) is 3.75. The van der Waals surface area contributed by atoms with Crippen molar-refractivity contribution in [1.82, 2.24) is 10.6 Å². The Morgan fingerprint density at radius 3 is 2.74 bits per heavy atom. The molecular weight excluding hydrogens is 244 g/mol. The summed E-state index contributed by atoms with van der Waals surface area (Å²) < 4.78 is 10.3. The van der Waals surface area contributed by atoms with Crippen LogP contribution in [0.4, 0.5) is 0 Å². The first-order valence-corrected chi connectivity index (χ1v) is 7.15. The van der Waals surface area contributed by atoms with E-state index in [1.165, 1.54) is 0 Å². The summed E-state index contributed by atoms with van der Waals surface area (Å²) >= 11 is 0. The molecule has 1 heterocycles. The first-order chi connectivity index (χ1) is 9.07. The number of nitrogens with one attached hydrogen (secondary N) is 2. The average Bonchev–Trinajstić information content (AvgIpc) is 2.41. The predicted molar refractivity (Wildman–Crippen MR) is 75.1 cm³/mol. The second-order valence-electron chi connectivity index (χ2n) is 5.66. The van der Waals surface area contributed by atoms with Gasteiger partial charge in [0.15, 0.2) is 0 Å². The van der Waals surface area contributed by atoms with Crippen LogP contribution >= 0.6 is 0 Å². The van der Waals surface area contributed by atoms with Crippen LogP contribution in [0.2, 0.25) is 0 Å². The van der Waals surface area contributed by atoms with E-state index >= 15 is 0 Å². The van der Waals surface area contributed by atoms with Crippen molar-refractivity contribution in [1.29, 1.82) is 0 Å².